The molecule has 1 aliphatic rings. The summed E-state index contributed by atoms with van der Waals surface area (Å²) in [6.07, 6.45) is 7.99. The molecule has 5 rings (SSSR count). The van der Waals surface area contributed by atoms with Gasteiger partial charge in [-0.3, -0.25) is 0 Å². The third-order valence-corrected chi connectivity index (χ3v) is 6.40. The van der Waals surface area contributed by atoms with Crippen LogP contribution in [0.1, 0.15) is 12.5 Å². The van der Waals surface area contributed by atoms with Crippen molar-refractivity contribution in [2.75, 3.05) is 43.4 Å². The number of benzene rings is 1. The number of pyridine rings is 2. The van der Waals surface area contributed by atoms with E-state index in [1.54, 1.807) is 0 Å². The predicted octanol–water partition coefficient (Wildman–Crippen LogP) is 4.86. The molecule has 1 N–H and O–H groups in total. The lowest BCUT2D eigenvalue weighted by atomic mass is 10.1. The molecule has 0 unspecified atom stereocenters. The van der Waals surface area contributed by atoms with E-state index < -0.39 is 0 Å². The third-order valence-electron chi connectivity index (χ3n) is 6.40. The Morgan fingerprint density at radius 2 is 1.79 bits per heavy atom. The number of likely N-dealkylation sites (N-methyl/N-ethyl adjacent to an activating group) is 1. The average molecular weight is 439 g/mol. The van der Waals surface area contributed by atoms with Crippen molar-refractivity contribution in [2.24, 2.45) is 7.05 Å². The van der Waals surface area contributed by atoms with E-state index in [4.69, 9.17) is 0 Å². The van der Waals surface area contributed by atoms with Gasteiger partial charge in [0.25, 0.3) is 0 Å². The number of piperazine rings is 1. The molecule has 0 spiro atoms. The number of fused-ring (bicyclic) bond motifs is 1. The van der Waals surface area contributed by atoms with Gasteiger partial charge in [0.2, 0.25) is 0 Å². The second kappa shape index (κ2) is 9.08. The quantitative estimate of drug-likeness (QED) is 0.482. The Hall–Kier alpha value is -3.64. The highest BCUT2D eigenvalue weighted by atomic mass is 15.3. The van der Waals surface area contributed by atoms with Gasteiger partial charge < -0.3 is 19.7 Å². The first-order chi connectivity index (χ1) is 16.1. The number of aryl methyl sites for hydroxylation is 1. The Labute approximate surface area is 195 Å². The summed E-state index contributed by atoms with van der Waals surface area (Å²) in [5, 5.41) is 5.82. The SMILES string of the molecule is C/C=C(\Nc1cc2cc(-c3cccn3C)ccc2cn1)c1ccnc(N2CCN(C)CC2)c1. The molecule has 0 saturated carbocycles. The molecule has 1 aromatic carbocycles. The zero-order valence-corrected chi connectivity index (χ0v) is 19.5. The molecule has 0 atom stereocenters. The molecule has 0 bridgehead atoms. The van der Waals surface area contributed by atoms with E-state index in [1.165, 1.54) is 11.3 Å². The Bertz CT molecular complexity index is 1300. The lowest BCUT2D eigenvalue weighted by Gasteiger charge is -2.33. The molecule has 168 valence electrons. The van der Waals surface area contributed by atoms with E-state index in [0.717, 1.165) is 59.8 Å². The van der Waals surface area contributed by atoms with Crippen molar-refractivity contribution < 1.29 is 0 Å². The zero-order valence-electron chi connectivity index (χ0n) is 19.5. The van der Waals surface area contributed by atoms with E-state index >= 15 is 0 Å². The molecule has 4 heterocycles. The number of hydrogen-bond donors (Lipinski definition) is 1. The summed E-state index contributed by atoms with van der Waals surface area (Å²) < 4.78 is 2.14. The largest absolute Gasteiger partial charge is 0.354 e. The van der Waals surface area contributed by atoms with Gasteiger partial charge in [0, 0.05) is 74.2 Å². The van der Waals surface area contributed by atoms with Crippen LogP contribution in [0, 0.1) is 0 Å². The molecule has 0 amide bonds. The van der Waals surface area contributed by atoms with Gasteiger partial charge in [-0.1, -0.05) is 18.2 Å². The van der Waals surface area contributed by atoms with Crippen molar-refractivity contribution in [1.29, 1.82) is 0 Å². The molecule has 1 fully saturated rings. The molecular formula is C27H30N6. The molecular weight excluding hydrogens is 408 g/mol. The van der Waals surface area contributed by atoms with Gasteiger partial charge in [0.1, 0.15) is 11.6 Å². The van der Waals surface area contributed by atoms with Crippen LogP contribution in [-0.2, 0) is 7.05 Å². The lowest BCUT2D eigenvalue weighted by Crippen LogP contribution is -2.44. The fraction of sp³-hybridized carbons (Fsp3) is 0.259. The first kappa shape index (κ1) is 21.2. The highest BCUT2D eigenvalue weighted by Crippen LogP contribution is 2.27. The van der Waals surface area contributed by atoms with Crippen molar-refractivity contribution in [3.05, 3.63) is 78.8 Å². The van der Waals surface area contributed by atoms with Crippen LogP contribution < -0.4 is 10.2 Å². The van der Waals surface area contributed by atoms with Crippen LogP contribution in [0.15, 0.2) is 73.2 Å². The van der Waals surface area contributed by atoms with Crippen molar-refractivity contribution in [3.8, 4) is 11.3 Å². The predicted molar refractivity (Wildman–Crippen MR) is 137 cm³/mol. The molecule has 4 aromatic rings. The Balaban J connectivity index is 1.40. The second-order valence-electron chi connectivity index (χ2n) is 8.66. The van der Waals surface area contributed by atoms with Crippen LogP contribution in [0.2, 0.25) is 0 Å². The number of aromatic nitrogens is 3. The van der Waals surface area contributed by atoms with Crippen molar-refractivity contribution in [2.45, 2.75) is 6.92 Å². The molecule has 0 radical (unpaired) electrons. The van der Waals surface area contributed by atoms with E-state index in [1.807, 2.05) is 19.3 Å². The number of anilines is 2. The molecule has 1 aliphatic heterocycles. The summed E-state index contributed by atoms with van der Waals surface area (Å²) in [6.45, 7) is 6.17. The van der Waals surface area contributed by atoms with Crippen LogP contribution >= 0.6 is 0 Å². The maximum atomic E-state index is 4.66. The van der Waals surface area contributed by atoms with E-state index in [2.05, 4.69) is 105 Å². The van der Waals surface area contributed by atoms with E-state index in [-0.39, 0.29) is 0 Å². The monoisotopic (exact) mass is 438 g/mol. The number of hydrogen-bond acceptors (Lipinski definition) is 5. The Morgan fingerprint density at radius 1 is 0.939 bits per heavy atom. The Kier molecular flexibility index (Phi) is 5.84. The van der Waals surface area contributed by atoms with Gasteiger partial charge in [0.05, 0.1) is 0 Å². The fourth-order valence-electron chi connectivity index (χ4n) is 4.37. The number of rotatable bonds is 5. The summed E-state index contributed by atoms with van der Waals surface area (Å²) in [7, 11) is 4.24. The molecule has 33 heavy (non-hydrogen) atoms. The van der Waals surface area contributed by atoms with Crippen LogP contribution in [0.25, 0.3) is 27.7 Å². The van der Waals surface area contributed by atoms with E-state index in [0.29, 0.717) is 0 Å². The molecule has 6 heteroatoms. The first-order valence-corrected chi connectivity index (χ1v) is 11.5. The normalized spacial score (nSPS) is 15.2. The molecule has 6 nitrogen and oxygen atoms in total. The molecule has 3 aromatic heterocycles. The van der Waals surface area contributed by atoms with Gasteiger partial charge in [-0.05, 0) is 61.3 Å². The second-order valence-corrected chi connectivity index (χ2v) is 8.66. The van der Waals surface area contributed by atoms with Crippen LogP contribution in [0.5, 0.6) is 0 Å². The zero-order chi connectivity index (χ0) is 22.8. The number of allylic oxidation sites excluding steroid dienone is 1. The minimum atomic E-state index is 0.831. The average Bonchev–Trinajstić information content (AvgIpc) is 3.28. The molecule has 1 saturated heterocycles. The third kappa shape index (κ3) is 4.47. The Morgan fingerprint density at radius 3 is 2.55 bits per heavy atom. The van der Waals surface area contributed by atoms with Crippen molar-refractivity contribution in [1.82, 2.24) is 19.4 Å². The highest BCUT2D eigenvalue weighted by molar-refractivity contribution is 5.89. The summed E-state index contributed by atoms with van der Waals surface area (Å²) in [5.41, 5.74) is 4.54. The summed E-state index contributed by atoms with van der Waals surface area (Å²) in [6, 6.07) is 17.1. The van der Waals surface area contributed by atoms with Gasteiger partial charge in [-0.15, -0.1) is 0 Å². The van der Waals surface area contributed by atoms with Crippen LogP contribution in [0.4, 0.5) is 11.6 Å². The maximum absolute atomic E-state index is 4.66. The van der Waals surface area contributed by atoms with Gasteiger partial charge >= 0.3 is 0 Å². The molecule has 0 aliphatic carbocycles. The fourth-order valence-corrected chi connectivity index (χ4v) is 4.37. The smallest absolute Gasteiger partial charge is 0.130 e. The minimum Gasteiger partial charge on any atom is -0.354 e. The number of nitrogens with one attached hydrogen (secondary N) is 1. The van der Waals surface area contributed by atoms with Crippen LogP contribution in [0.3, 0.4) is 0 Å². The number of nitrogens with zero attached hydrogens (tertiary/aromatic N) is 5. The summed E-state index contributed by atoms with van der Waals surface area (Å²) >= 11 is 0. The van der Waals surface area contributed by atoms with Crippen molar-refractivity contribution >= 4 is 28.1 Å². The minimum absolute atomic E-state index is 0.831. The van der Waals surface area contributed by atoms with Gasteiger partial charge in [-0.2, -0.15) is 0 Å². The van der Waals surface area contributed by atoms with E-state index in [9.17, 15) is 0 Å². The first-order valence-electron chi connectivity index (χ1n) is 11.5. The highest BCUT2D eigenvalue weighted by Gasteiger charge is 2.16. The lowest BCUT2D eigenvalue weighted by molar-refractivity contribution is 0.312. The van der Waals surface area contributed by atoms with Crippen molar-refractivity contribution in [3.63, 3.8) is 0 Å². The van der Waals surface area contributed by atoms with Gasteiger partial charge in [0.15, 0.2) is 0 Å². The van der Waals surface area contributed by atoms with Gasteiger partial charge in [-0.25, -0.2) is 9.97 Å². The maximum Gasteiger partial charge on any atom is 0.130 e. The van der Waals surface area contributed by atoms with Crippen LogP contribution in [-0.4, -0.2) is 52.7 Å². The summed E-state index contributed by atoms with van der Waals surface area (Å²) in [4.78, 5) is 14.0. The summed E-state index contributed by atoms with van der Waals surface area (Å²) in [5.74, 6) is 1.86. The topological polar surface area (TPSA) is 49.2 Å². The standard InChI is InChI=1S/C27H30N6/c1-4-24(20-9-10-28-27(18-20)33-14-12-31(2)13-15-33)30-26-17-23-16-21(7-8-22(23)19-29-26)25-6-5-11-32(25)3/h4-11,16-19H,12-15H2,1-3H3,(H,29,30)/b24-4-.